The highest BCUT2D eigenvalue weighted by atomic mass is 19.4. The number of benzene rings is 1. The van der Waals surface area contributed by atoms with Crippen LogP contribution in [0.1, 0.15) is 50.8 Å². The summed E-state index contributed by atoms with van der Waals surface area (Å²) in [7, 11) is 0. The van der Waals surface area contributed by atoms with Gasteiger partial charge in [0.2, 0.25) is 0 Å². The van der Waals surface area contributed by atoms with Gasteiger partial charge in [0, 0.05) is 6.04 Å². The van der Waals surface area contributed by atoms with Gasteiger partial charge in [0.25, 0.3) is 0 Å². The SMILES string of the molecule is CCCC(C)C(NCC)c1cc(F)ccc1C(F)(F)F. The molecule has 1 nitrogen and oxygen atoms in total. The Bertz CT molecular complexity index is 428. The van der Waals surface area contributed by atoms with E-state index in [1.165, 1.54) is 0 Å². The van der Waals surface area contributed by atoms with Gasteiger partial charge in [0.15, 0.2) is 0 Å². The van der Waals surface area contributed by atoms with Gasteiger partial charge in [-0.15, -0.1) is 0 Å². The van der Waals surface area contributed by atoms with Crippen LogP contribution < -0.4 is 5.32 Å². The minimum atomic E-state index is -4.47. The molecular formula is C15H21F4N. The third kappa shape index (κ3) is 4.20. The molecule has 0 fully saturated rings. The van der Waals surface area contributed by atoms with Gasteiger partial charge >= 0.3 is 6.18 Å². The summed E-state index contributed by atoms with van der Waals surface area (Å²) in [5.41, 5.74) is -0.756. The van der Waals surface area contributed by atoms with Crippen molar-refractivity contribution in [3.8, 4) is 0 Å². The number of nitrogens with one attached hydrogen (secondary N) is 1. The minimum Gasteiger partial charge on any atom is -0.310 e. The molecule has 0 aliphatic heterocycles. The predicted octanol–water partition coefficient (Wildman–Crippen LogP) is 4.93. The van der Waals surface area contributed by atoms with E-state index in [2.05, 4.69) is 5.32 Å². The highest BCUT2D eigenvalue weighted by Gasteiger charge is 2.36. The Hall–Kier alpha value is -1.10. The van der Waals surface area contributed by atoms with E-state index < -0.39 is 23.6 Å². The van der Waals surface area contributed by atoms with Crippen LogP contribution in [0.3, 0.4) is 0 Å². The fraction of sp³-hybridized carbons (Fsp3) is 0.600. The van der Waals surface area contributed by atoms with E-state index in [0.717, 1.165) is 31.0 Å². The standard InChI is InChI=1S/C15H21F4N/c1-4-6-10(3)14(20-5-2)12-9-11(16)7-8-13(12)15(17,18)19/h7-10,14,20H,4-6H2,1-3H3. The monoisotopic (exact) mass is 291 g/mol. The number of hydrogen-bond donors (Lipinski definition) is 1. The van der Waals surface area contributed by atoms with E-state index in [1.807, 2.05) is 20.8 Å². The van der Waals surface area contributed by atoms with E-state index in [1.54, 1.807) is 0 Å². The van der Waals surface area contributed by atoms with Crippen LogP contribution >= 0.6 is 0 Å². The second kappa shape index (κ2) is 7.07. The Balaban J connectivity index is 3.27. The molecule has 0 bridgehead atoms. The summed E-state index contributed by atoms with van der Waals surface area (Å²) in [4.78, 5) is 0. The molecule has 1 N–H and O–H groups in total. The van der Waals surface area contributed by atoms with Gasteiger partial charge < -0.3 is 5.32 Å². The van der Waals surface area contributed by atoms with Crippen LogP contribution in [-0.4, -0.2) is 6.54 Å². The highest BCUT2D eigenvalue weighted by Crippen LogP contribution is 2.37. The molecule has 0 radical (unpaired) electrons. The van der Waals surface area contributed by atoms with Gasteiger partial charge in [-0.25, -0.2) is 4.39 Å². The fourth-order valence-electron chi connectivity index (χ4n) is 2.51. The normalized spacial score (nSPS) is 15.2. The molecule has 2 atom stereocenters. The lowest BCUT2D eigenvalue weighted by Gasteiger charge is -2.27. The van der Waals surface area contributed by atoms with Gasteiger partial charge in [0.1, 0.15) is 5.82 Å². The number of halogens is 4. The van der Waals surface area contributed by atoms with Crippen LogP contribution in [0.25, 0.3) is 0 Å². The predicted molar refractivity (Wildman–Crippen MR) is 71.9 cm³/mol. The first-order valence-electron chi connectivity index (χ1n) is 6.91. The van der Waals surface area contributed by atoms with Crippen molar-refractivity contribution in [2.75, 3.05) is 6.54 Å². The molecule has 114 valence electrons. The van der Waals surface area contributed by atoms with Gasteiger partial charge in [-0.2, -0.15) is 13.2 Å². The maximum atomic E-state index is 13.4. The van der Waals surface area contributed by atoms with Crippen LogP contribution in [0.4, 0.5) is 17.6 Å². The van der Waals surface area contributed by atoms with Gasteiger partial charge in [-0.1, -0.05) is 27.2 Å². The zero-order valence-electron chi connectivity index (χ0n) is 12.0. The quantitative estimate of drug-likeness (QED) is 0.733. The average molecular weight is 291 g/mol. The Morgan fingerprint density at radius 2 is 1.85 bits per heavy atom. The number of alkyl halides is 3. The Labute approximate surface area is 117 Å². The van der Waals surface area contributed by atoms with Crippen molar-refractivity contribution >= 4 is 0 Å². The van der Waals surface area contributed by atoms with Crippen molar-refractivity contribution in [2.24, 2.45) is 5.92 Å². The van der Waals surface area contributed by atoms with Crippen LogP contribution in [0.2, 0.25) is 0 Å². The molecule has 0 aliphatic carbocycles. The molecule has 20 heavy (non-hydrogen) atoms. The van der Waals surface area contributed by atoms with Crippen molar-refractivity contribution in [3.05, 3.63) is 35.1 Å². The minimum absolute atomic E-state index is 0.000278. The summed E-state index contributed by atoms with van der Waals surface area (Å²) in [5, 5.41) is 3.06. The van der Waals surface area contributed by atoms with E-state index in [4.69, 9.17) is 0 Å². The van der Waals surface area contributed by atoms with Gasteiger partial charge in [-0.3, -0.25) is 0 Å². The van der Waals surface area contributed by atoms with Crippen molar-refractivity contribution in [1.82, 2.24) is 5.32 Å². The van der Waals surface area contributed by atoms with Gasteiger partial charge in [-0.05, 0) is 42.6 Å². The van der Waals surface area contributed by atoms with Crippen LogP contribution in [0, 0.1) is 11.7 Å². The van der Waals surface area contributed by atoms with Crippen LogP contribution in [0.15, 0.2) is 18.2 Å². The molecule has 0 aliphatic rings. The maximum Gasteiger partial charge on any atom is 0.416 e. The Kier molecular flexibility index (Phi) is 5.99. The third-order valence-electron chi connectivity index (χ3n) is 3.39. The summed E-state index contributed by atoms with van der Waals surface area (Å²) in [6.07, 6.45) is -2.81. The molecule has 0 saturated heterocycles. The molecule has 0 heterocycles. The highest BCUT2D eigenvalue weighted by molar-refractivity contribution is 5.33. The third-order valence-corrected chi connectivity index (χ3v) is 3.39. The lowest BCUT2D eigenvalue weighted by Crippen LogP contribution is -2.29. The first kappa shape index (κ1) is 17.0. The topological polar surface area (TPSA) is 12.0 Å². The molecule has 1 aromatic rings. The zero-order chi connectivity index (χ0) is 15.3. The lowest BCUT2D eigenvalue weighted by atomic mass is 9.88. The molecule has 1 aromatic carbocycles. The summed E-state index contributed by atoms with van der Waals surface area (Å²) in [6, 6.07) is 2.20. The lowest BCUT2D eigenvalue weighted by molar-refractivity contribution is -0.138. The fourth-order valence-corrected chi connectivity index (χ4v) is 2.51. The second-order valence-electron chi connectivity index (χ2n) is 5.03. The molecular weight excluding hydrogens is 270 g/mol. The molecule has 2 unspecified atom stereocenters. The van der Waals surface area contributed by atoms with E-state index in [9.17, 15) is 17.6 Å². The van der Waals surface area contributed by atoms with Crippen LogP contribution in [0.5, 0.6) is 0 Å². The smallest absolute Gasteiger partial charge is 0.310 e. The summed E-state index contributed by atoms with van der Waals surface area (Å²) >= 11 is 0. The second-order valence-corrected chi connectivity index (χ2v) is 5.03. The van der Waals surface area contributed by atoms with Crippen molar-refractivity contribution in [2.45, 2.75) is 45.8 Å². The Morgan fingerprint density at radius 1 is 1.20 bits per heavy atom. The Morgan fingerprint density at radius 3 is 2.35 bits per heavy atom. The summed E-state index contributed by atoms with van der Waals surface area (Å²) < 4.78 is 52.6. The molecule has 1 rings (SSSR count). The molecule has 5 heteroatoms. The van der Waals surface area contributed by atoms with Crippen molar-refractivity contribution in [3.63, 3.8) is 0 Å². The first-order valence-corrected chi connectivity index (χ1v) is 6.91. The first-order chi connectivity index (χ1) is 9.31. The molecule has 0 saturated carbocycles. The molecule has 0 spiro atoms. The number of rotatable bonds is 6. The molecule has 0 amide bonds. The zero-order valence-corrected chi connectivity index (χ0v) is 12.0. The summed E-state index contributed by atoms with van der Waals surface area (Å²) in [6.45, 7) is 6.24. The maximum absolute atomic E-state index is 13.4. The average Bonchev–Trinajstić information content (AvgIpc) is 2.34. The number of hydrogen-bond acceptors (Lipinski definition) is 1. The molecule has 0 aromatic heterocycles. The largest absolute Gasteiger partial charge is 0.416 e. The van der Waals surface area contributed by atoms with Crippen molar-refractivity contribution < 1.29 is 17.6 Å². The van der Waals surface area contributed by atoms with Crippen molar-refractivity contribution in [1.29, 1.82) is 0 Å². The van der Waals surface area contributed by atoms with Crippen LogP contribution in [-0.2, 0) is 6.18 Å². The van der Waals surface area contributed by atoms with E-state index in [0.29, 0.717) is 6.54 Å². The van der Waals surface area contributed by atoms with E-state index in [-0.39, 0.29) is 11.5 Å². The van der Waals surface area contributed by atoms with Gasteiger partial charge in [0.05, 0.1) is 5.56 Å². The van der Waals surface area contributed by atoms with E-state index >= 15 is 0 Å². The summed E-state index contributed by atoms with van der Waals surface area (Å²) in [5.74, 6) is -0.637.